The van der Waals surface area contributed by atoms with Crippen LogP contribution in [0.25, 0.3) is 0 Å². The van der Waals surface area contributed by atoms with Gasteiger partial charge in [0.1, 0.15) is 0 Å². The fourth-order valence-electron chi connectivity index (χ4n) is 4.80. The van der Waals surface area contributed by atoms with Crippen LogP contribution < -0.4 is 0 Å². The minimum Gasteiger partial charge on any atom is -0.372 e. The molecule has 1 unspecified atom stereocenters. The van der Waals surface area contributed by atoms with E-state index in [0.29, 0.717) is 30.3 Å². The highest BCUT2D eigenvalue weighted by atomic mass is 16.3. The van der Waals surface area contributed by atoms with Crippen LogP contribution in [-0.2, 0) is 16.9 Å². The number of benzene rings is 3. The van der Waals surface area contributed by atoms with E-state index in [9.17, 15) is 9.90 Å². The Morgan fingerprint density at radius 3 is 2.00 bits per heavy atom. The van der Waals surface area contributed by atoms with Gasteiger partial charge in [-0.1, -0.05) is 97.9 Å². The van der Waals surface area contributed by atoms with Gasteiger partial charge in [0, 0.05) is 19.1 Å². The molecule has 1 aliphatic heterocycles. The summed E-state index contributed by atoms with van der Waals surface area (Å²) in [7, 11) is 0. The summed E-state index contributed by atoms with van der Waals surface area (Å²) in [5, 5.41) is 12.1. The van der Waals surface area contributed by atoms with Crippen molar-refractivity contribution in [3.63, 3.8) is 0 Å². The molecule has 1 N–H and O–H groups in total. The number of amides is 1. The van der Waals surface area contributed by atoms with Gasteiger partial charge in [-0.15, -0.1) is 0 Å². The second kappa shape index (κ2) is 10.1. The quantitative estimate of drug-likeness (QED) is 0.577. The monoisotopic (exact) mass is 428 g/mol. The van der Waals surface area contributed by atoms with E-state index in [1.165, 1.54) is 0 Å². The molecule has 0 spiro atoms. The molecule has 0 saturated carbocycles. The molecule has 4 heteroatoms. The van der Waals surface area contributed by atoms with Crippen LogP contribution in [0.15, 0.2) is 91.0 Å². The topological polar surface area (TPSA) is 43.8 Å². The molecule has 4 rings (SSSR count). The number of carbonyl (C=O) groups is 1. The molecule has 3 aromatic rings. The smallest absolute Gasteiger partial charge is 0.264 e. The average molecular weight is 429 g/mol. The molecule has 0 radical (unpaired) electrons. The molecule has 0 bridgehead atoms. The first-order valence-electron chi connectivity index (χ1n) is 11.5. The van der Waals surface area contributed by atoms with Crippen molar-refractivity contribution in [3.05, 3.63) is 108 Å². The number of hydrogen-bond acceptors (Lipinski definition) is 3. The maximum atomic E-state index is 14.2. The Balaban J connectivity index is 1.74. The third-order valence-corrected chi connectivity index (χ3v) is 6.53. The number of carbonyl (C=O) groups excluding carboxylic acids is 1. The van der Waals surface area contributed by atoms with Crippen LogP contribution in [0.2, 0.25) is 0 Å². The van der Waals surface area contributed by atoms with Crippen LogP contribution in [0.1, 0.15) is 36.5 Å². The van der Waals surface area contributed by atoms with Crippen molar-refractivity contribution in [2.75, 3.05) is 19.6 Å². The lowest BCUT2D eigenvalue weighted by molar-refractivity contribution is -0.149. The van der Waals surface area contributed by atoms with Crippen LogP contribution in [0.5, 0.6) is 0 Å². The Labute approximate surface area is 191 Å². The van der Waals surface area contributed by atoms with Gasteiger partial charge >= 0.3 is 0 Å². The molecule has 4 nitrogen and oxygen atoms in total. The van der Waals surface area contributed by atoms with Crippen LogP contribution in [0.4, 0.5) is 0 Å². The standard InChI is InChI=1S/C28H32N2O2/c1-2-29-20-12-19-26(29)22-30(21-23-13-6-3-7-14-23)27(31)28(32,24-15-8-4-9-16-24)25-17-10-5-11-18-25/h3-11,13-18,26,32H,2,12,19-22H2,1H3. The van der Waals surface area contributed by atoms with Gasteiger partial charge in [0.25, 0.3) is 5.91 Å². The zero-order valence-corrected chi connectivity index (χ0v) is 18.7. The molecule has 1 amide bonds. The maximum Gasteiger partial charge on any atom is 0.264 e. The molecule has 0 aromatic heterocycles. The molecule has 0 aliphatic carbocycles. The summed E-state index contributed by atoms with van der Waals surface area (Å²) in [6, 6.07) is 29.0. The number of likely N-dealkylation sites (N-methyl/N-ethyl adjacent to an activating group) is 1. The number of likely N-dealkylation sites (tertiary alicyclic amines) is 1. The van der Waals surface area contributed by atoms with Crippen molar-refractivity contribution in [1.29, 1.82) is 0 Å². The maximum absolute atomic E-state index is 14.2. The van der Waals surface area contributed by atoms with Crippen LogP contribution >= 0.6 is 0 Å². The molecule has 1 aliphatic rings. The van der Waals surface area contributed by atoms with E-state index >= 15 is 0 Å². The molecule has 1 saturated heterocycles. The van der Waals surface area contributed by atoms with Gasteiger partial charge < -0.3 is 10.0 Å². The fraction of sp³-hybridized carbons (Fsp3) is 0.321. The Kier molecular flexibility index (Phi) is 7.03. The summed E-state index contributed by atoms with van der Waals surface area (Å²) < 4.78 is 0. The number of aliphatic hydroxyl groups is 1. The third kappa shape index (κ3) is 4.62. The Bertz CT molecular complexity index is 952. The molecule has 32 heavy (non-hydrogen) atoms. The molecule has 1 fully saturated rings. The second-order valence-electron chi connectivity index (χ2n) is 8.54. The van der Waals surface area contributed by atoms with Crippen molar-refractivity contribution in [3.8, 4) is 0 Å². The van der Waals surface area contributed by atoms with Gasteiger partial charge in [-0.2, -0.15) is 0 Å². The summed E-state index contributed by atoms with van der Waals surface area (Å²) in [6.45, 7) is 5.28. The molecule has 1 heterocycles. The lowest BCUT2D eigenvalue weighted by atomic mass is 9.84. The third-order valence-electron chi connectivity index (χ3n) is 6.53. The number of nitrogens with zero attached hydrogens (tertiary/aromatic N) is 2. The van der Waals surface area contributed by atoms with Gasteiger partial charge in [0.2, 0.25) is 0 Å². The van der Waals surface area contributed by atoms with Crippen molar-refractivity contribution in [2.45, 2.75) is 38.0 Å². The van der Waals surface area contributed by atoms with Crippen molar-refractivity contribution in [1.82, 2.24) is 9.80 Å². The first kappa shape index (κ1) is 22.3. The van der Waals surface area contributed by atoms with Crippen LogP contribution in [0.3, 0.4) is 0 Å². The van der Waals surface area contributed by atoms with Crippen LogP contribution in [-0.4, -0.2) is 46.5 Å². The summed E-state index contributed by atoms with van der Waals surface area (Å²) in [4.78, 5) is 18.5. The zero-order valence-electron chi connectivity index (χ0n) is 18.7. The molecular weight excluding hydrogens is 396 g/mol. The zero-order chi connectivity index (χ0) is 22.4. The van der Waals surface area contributed by atoms with Crippen molar-refractivity contribution >= 4 is 5.91 Å². The van der Waals surface area contributed by atoms with Gasteiger partial charge in [0.05, 0.1) is 0 Å². The predicted molar refractivity (Wildman–Crippen MR) is 128 cm³/mol. The highest BCUT2D eigenvalue weighted by molar-refractivity contribution is 5.90. The largest absolute Gasteiger partial charge is 0.372 e. The highest BCUT2D eigenvalue weighted by Crippen LogP contribution is 2.33. The first-order chi connectivity index (χ1) is 15.6. The number of hydrogen-bond donors (Lipinski definition) is 1. The Hall–Kier alpha value is -2.95. The summed E-state index contributed by atoms with van der Waals surface area (Å²) in [6.07, 6.45) is 2.22. The van der Waals surface area contributed by atoms with Crippen molar-refractivity contribution < 1.29 is 9.90 Å². The van der Waals surface area contributed by atoms with Gasteiger partial charge in [-0.05, 0) is 42.6 Å². The van der Waals surface area contributed by atoms with Gasteiger partial charge in [-0.25, -0.2) is 0 Å². The van der Waals surface area contributed by atoms with Crippen LogP contribution in [0, 0.1) is 0 Å². The van der Waals surface area contributed by atoms with E-state index < -0.39 is 5.60 Å². The Morgan fingerprint density at radius 2 is 1.47 bits per heavy atom. The Morgan fingerprint density at radius 1 is 0.938 bits per heavy atom. The first-order valence-corrected chi connectivity index (χ1v) is 11.5. The van der Waals surface area contributed by atoms with Gasteiger partial charge in [0.15, 0.2) is 5.60 Å². The van der Waals surface area contributed by atoms with Crippen molar-refractivity contribution in [2.24, 2.45) is 0 Å². The highest BCUT2D eigenvalue weighted by Gasteiger charge is 2.43. The summed E-state index contributed by atoms with van der Waals surface area (Å²) in [5.41, 5.74) is 0.499. The SMILES string of the molecule is CCN1CCCC1CN(Cc1ccccc1)C(=O)C(O)(c1ccccc1)c1ccccc1. The lowest BCUT2D eigenvalue weighted by Crippen LogP contribution is -2.51. The lowest BCUT2D eigenvalue weighted by Gasteiger charge is -2.37. The van der Waals surface area contributed by atoms with E-state index in [0.717, 1.165) is 31.5 Å². The minimum atomic E-state index is -1.74. The summed E-state index contributed by atoms with van der Waals surface area (Å²) in [5.74, 6) is -0.276. The molecule has 1 atom stereocenters. The van der Waals surface area contributed by atoms with E-state index in [2.05, 4.69) is 11.8 Å². The van der Waals surface area contributed by atoms with E-state index in [-0.39, 0.29) is 5.91 Å². The molecule has 166 valence electrons. The minimum absolute atomic E-state index is 0.276. The normalized spacial score (nSPS) is 16.8. The second-order valence-corrected chi connectivity index (χ2v) is 8.54. The van der Waals surface area contributed by atoms with Gasteiger partial charge in [-0.3, -0.25) is 9.69 Å². The van der Waals surface area contributed by atoms with E-state index in [1.807, 2.05) is 95.9 Å². The fourth-order valence-corrected chi connectivity index (χ4v) is 4.80. The van der Waals surface area contributed by atoms with E-state index in [4.69, 9.17) is 0 Å². The number of rotatable bonds is 8. The molecular formula is C28H32N2O2. The summed E-state index contributed by atoms with van der Waals surface area (Å²) >= 11 is 0. The molecule has 3 aromatic carbocycles. The average Bonchev–Trinajstić information content (AvgIpc) is 3.31. The predicted octanol–water partition coefficient (Wildman–Crippen LogP) is 4.44. The van der Waals surface area contributed by atoms with E-state index in [1.54, 1.807) is 0 Å².